The summed E-state index contributed by atoms with van der Waals surface area (Å²) in [6, 6.07) is 0. The molecular formula is C19H22O6. The van der Waals surface area contributed by atoms with Crippen LogP contribution in [-0.4, -0.2) is 41.1 Å². The third-order valence-electron chi connectivity index (χ3n) is 4.33. The van der Waals surface area contributed by atoms with Crippen LogP contribution in [0.1, 0.15) is 27.2 Å². The molecule has 2 rings (SSSR count). The Morgan fingerprint density at radius 2 is 1.96 bits per heavy atom. The normalized spacial score (nSPS) is 34.2. The molecule has 0 bridgehead atoms. The Bertz CT molecular complexity index is 711. The van der Waals surface area contributed by atoms with E-state index in [0.717, 1.165) is 0 Å². The van der Waals surface area contributed by atoms with Crippen LogP contribution in [0.5, 0.6) is 0 Å². The van der Waals surface area contributed by atoms with Gasteiger partial charge in [-0.2, -0.15) is 0 Å². The number of hydrogen-bond donors (Lipinski definition) is 1. The Hall–Kier alpha value is -2.47. The fourth-order valence-corrected chi connectivity index (χ4v) is 3.01. The van der Waals surface area contributed by atoms with Crippen molar-refractivity contribution >= 4 is 17.7 Å². The molecule has 1 heterocycles. The molecule has 1 fully saturated rings. The van der Waals surface area contributed by atoms with Crippen molar-refractivity contribution in [3.63, 3.8) is 0 Å². The summed E-state index contributed by atoms with van der Waals surface area (Å²) in [4.78, 5) is 36.0. The SMILES string of the molecule is C=C(C)C(=O)O[C@H]1C/C(C)=C/C(=O)/C=C(/C)[C@@H](O)[C@H]2OC(=O)C(=C)[C@@H]21. The first-order valence-electron chi connectivity index (χ1n) is 7.95. The van der Waals surface area contributed by atoms with Gasteiger partial charge in [0.25, 0.3) is 0 Å². The fraction of sp³-hybridized carbons (Fsp3) is 0.421. The molecule has 0 aromatic rings. The zero-order valence-corrected chi connectivity index (χ0v) is 14.6. The molecule has 1 N–H and O–H groups in total. The van der Waals surface area contributed by atoms with Gasteiger partial charge in [0.2, 0.25) is 0 Å². The largest absolute Gasteiger partial charge is 0.458 e. The second-order valence-electron chi connectivity index (χ2n) is 6.58. The van der Waals surface area contributed by atoms with Gasteiger partial charge in [-0.25, -0.2) is 9.59 Å². The number of fused-ring (bicyclic) bond motifs is 1. The van der Waals surface area contributed by atoms with E-state index in [0.29, 0.717) is 11.1 Å². The summed E-state index contributed by atoms with van der Waals surface area (Å²) in [6.45, 7) is 12.1. The summed E-state index contributed by atoms with van der Waals surface area (Å²) in [5.74, 6) is -2.27. The minimum atomic E-state index is -1.20. The van der Waals surface area contributed by atoms with Gasteiger partial charge in [0, 0.05) is 17.6 Å². The Morgan fingerprint density at radius 3 is 2.56 bits per heavy atom. The van der Waals surface area contributed by atoms with E-state index in [4.69, 9.17) is 9.47 Å². The summed E-state index contributed by atoms with van der Waals surface area (Å²) >= 11 is 0. The Morgan fingerprint density at radius 1 is 1.32 bits per heavy atom. The third kappa shape index (κ3) is 3.96. The lowest BCUT2D eigenvalue weighted by Gasteiger charge is -2.30. The molecule has 0 spiro atoms. The van der Waals surface area contributed by atoms with Gasteiger partial charge in [-0.1, -0.05) is 18.7 Å². The van der Waals surface area contributed by atoms with Crippen molar-refractivity contribution in [3.05, 3.63) is 47.6 Å². The number of ether oxygens (including phenoxy) is 2. The lowest BCUT2D eigenvalue weighted by Crippen LogP contribution is -2.41. The van der Waals surface area contributed by atoms with Gasteiger partial charge in [0.15, 0.2) is 5.78 Å². The fourth-order valence-electron chi connectivity index (χ4n) is 3.01. The Kier molecular flexibility index (Phi) is 5.42. The van der Waals surface area contributed by atoms with E-state index in [9.17, 15) is 19.5 Å². The molecule has 0 saturated carbocycles. The van der Waals surface area contributed by atoms with Crippen LogP contribution < -0.4 is 0 Å². The number of aliphatic hydroxyl groups is 1. The van der Waals surface area contributed by atoms with Gasteiger partial charge >= 0.3 is 11.9 Å². The zero-order valence-electron chi connectivity index (χ0n) is 14.6. The summed E-state index contributed by atoms with van der Waals surface area (Å²) in [5.41, 5.74) is 1.38. The van der Waals surface area contributed by atoms with Crippen LogP contribution in [0.15, 0.2) is 47.6 Å². The Labute approximate surface area is 146 Å². The lowest BCUT2D eigenvalue weighted by atomic mass is 9.83. The molecular weight excluding hydrogens is 324 g/mol. The average Bonchev–Trinajstić information content (AvgIpc) is 2.80. The molecule has 1 aliphatic heterocycles. The molecule has 0 radical (unpaired) electrons. The number of rotatable bonds is 2. The minimum absolute atomic E-state index is 0.135. The highest BCUT2D eigenvalue weighted by Crippen LogP contribution is 2.37. The van der Waals surface area contributed by atoms with Gasteiger partial charge in [0.1, 0.15) is 18.3 Å². The molecule has 0 unspecified atom stereocenters. The van der Waals surface area contributed by atoms with E-state index >= 15 is 0 Å². The standard InChI is InChI=1S/C19H22O6/c1-9(2)18(22)24-14-7-10(3)6-13(20)8-11(4)16(21)17-15(14)12(5)19(23)25-17/h6,8,14-17,21H,1,5,7H2,2-4H3/b10-6+,11-8-/t14-,15+,16+,17-/m0/s1. The summed E-state index contributed by atoms with van der Waals surface area (Å²) < 4.78 is 10.8. The van der Waals surface area contributed by atoms with Crippen LogP contribution in [0.2, 0.25) is 0 Å². The number of carbonyl (C=O) groups excluding carboxylic acids is 3. The highest BCUT2D eigenvalue weighted by molar-refractivity contribution is 6.00. The predicted octanol–water partition coefficient (Wildman–Crippen LogP) is 1.80. The van der Waals surface area contributed by atoms with Crippen molar-refractivity contribution in [2.45, 2.75) is 45.5 Å². The van der Waals surface area contributed by atoms with Crippen molar-refractivity contribution in [2.75, 3.05) is 0 Å². The first-order valence-corrected chi connectivity index (χ1v) is 7.95. The van der Waals surface area contributed by atoms with Crippen molar-refractivity contribution < 1.29 is 29.0 Å². The summed E-state index contributed by atoms with van der Waals surface area (Å²) in [5, 5.41) is 10.5. The second kappa shape index (κ2) is 7.19. The van der Waals surface area contributed by atoms with Crippen LogP contribution >= 0.6 is 0 Å². The Balaban J connectivity index is 2.50. The van der Waals surface area contributed by atoms with Gasteiger partial charge in [-0.05, 0) is 38.5 Å². The zero-order chi connectivity index (χ0) is 18.9. The first kappa shape index (κ1) is 18.9. The second-order valence-corrected chi connectivity index (χ2v) is 6.58. The minimum Gasteiger partial charge on any atom is -0.458 e. The topological polar surface area (TPSA) is 89.9 Å². The molecule has 4 atom stereocenters. The smallest absolute Gasteiger partial charge is 0.334 e. The highest BCUT2D eigenvalue weighted by atomic mass is 16.6. The quantitative estimate of drug-likeness (QED) is 0.606. The summed E-state index contributed by atoms with van der Waals surface area (Å²) in [6.07, 6.45) is -0.0503. The highest BCUT2D eigenvalue weighted by Gasteiger charge is 2.48. The van der Waals surface area contributed by atoms with Crippen LogP contribution in [0.25, 0.3) is 0 Å². The first-order chi connectivity index (χ1) is 11.6. The van der Waals surface area contributed by atoms with Crippen LogP contribution in [0, 0.1) is 5.92 Å². The van der Waals surface area contributed by atoms with E-state index in [1.807, 2.05) is 0 Å². The number of aliphatic hydroxyl groups excluding tert-OH is 1. The van der Waals surface area contributed by atoms with Gasteiger partial charge in [-0.3, -0.25) is 4.79 Å². The van der Waals surface area contributed by atoms with E-state index in [-0.39, 0.29) is 23.4 Å². The molecule has 1 saturated heterocycles. The number of allylic oxidation sites excluding steroid dienone is 2. The van der Waals surface area contributed by atoms with E-state index < -0.39 is 36.2 Å². The van der Waals surface area contributed by atoms with Gasteiger partial charge in [0.05, 0.1) is 5.92 Å². The monoisotopic (exact) mass is 346 g/mol. The van der Waals surface area contributed by atoms with Crippen molar-refractivity contribution in [3.8, 4) is 0 Å². The van der Waals surface area contributed by atoms with Crippen LogP contribution in [0.3, 0.4) is 0 Å². The maximum absolute atomic E-state index is 12.0. The molecule has 6 heteroatoms. The van der Waals surface area contributed by atoms with Crippen LogP contribution in [0.4, 0.5) is 0 Å². The molecule has 6 nitrogen and oxygen atoms in total. The number of esters is 2. The molecule has 0 aromatic heterocycles. The molecule has 134 valence electrons. The number of hydrogen-bond acceptors (Lipinski definition) is 6. The lowest BCUT2D eigenvalue weighted by molar-refractivity contribution is -0.150. The maximum Gasteiger partial charge on any atom is 0.334 e. The van der Waals surface area contributed by atoms with E-state index in [1.54, 1.807) is 13.8 Å². The number of ketones is 1. The van der Waals surface area contributed by atoms with E-state index in [2.05, 4.69) is 13.2 Å². The molecule has 2 aliphatic rings. The predicted molar refractivity (Wildman–Crippen MR) is 90.3 cm³/mol. The third-order valence-corrected chi connectivity index (χ3v) is 4.33. The summed E-state index contributed by atoms with van der Waals surface area (Å²) in [7, 11) is 0. The molecule has 25 heavy (non-hydrogen) atoms. The van der Waals surface area contributed by atoms with Gasteiger partial charge in [-0.15, -0.1) is 0 Å². The van der Waals surface area contributed by atoms with Gasteiger partial charge < -0.3 is 14.6 Å². The van der Waals surface area contributed by atoms with Crippen molar-refractivity contribution in [1.29, 1.82) is 0 Å². The molecule has 0 amide bonds. The maximum atomic E-state index is 12.0. The molecule has 1 aliphatic carbocycles. The molecule has 0 aromatic carbocycles. The average molecular weight is 346 g/mol. The number of carbonyl (C=O) groups is 3. The van der Waals surface area contributed by atoms with E-state index in [1.165, 1.54) is 19.1 Å². The van der Waals surface area contributed by atoms with Crippen molar-refractivity contribution in [1.82, 2.24) is 0 Å². The van der Waals surface area contributed by atoms with Crippen molar-refractivity contribution in [2.24, 2.45) is 5.92 Å². The van der Waals surface area contributed by atoms with Crippen LogP contribution in [-0.2, 0) is 23.9 Å².